The molecule has 0 aliphatic carbocycles. The van der Waals surface area contributed by atoms with Crippen LogP contribution >= 0.6 is 23.1 Å². The average molecular weight is 282 g/mol. The van der Waals surface area contributed by atoms with Gasteiger partial charge in [-0.3, -0.25) is 4.79 Å². The van der Waals surface area contributed by atoms with Gasteiger partial charge in [0.2, 0.25) is 5.91 Å². The van der Waals surface area contributed by atoms with Crippen molar-refractivity contribution >= 4 is 29.0 Å². The summed E-state index contributed by atoms with van der Waals surface area (Å²) in [5.74, 6) is 1.27. The standard InChI is InChI=1S/C11H14N4OS2/c1-12-10(16)7-18-11-14-13-9(15(11)2)6-8-4-3-5-17-8/h3-5H,6-7H2,1-2H3,(H,12,16). The largest absolute Gasteiger partial charge is 0.358 e. The lowest BCUT2D eigenvalue weighted by atomic mass is 10.3. The number of nitrogens with one attached hydrogen (secondary N) is 1. The number of hydrogen-bond acceptors (Lipinski definition) is 5. The van der Waals surface area contributed by atoms with Gasteiger partial charge in [0.1, 0.15) is 5.82 Å². The molecule has 0 unspecified atom stereocenters. The molecule has 18 heavy (non-hydrogen) atoms. The number of carbonyl (C=O) groups is 1. The summed E-state index contributed by atoms with van der Waals surface area (Å²) in [5.41, 5.74) is 0. The summed E-state index contributed by atoms with van der Waals surface area (Å²) in [6.45, 7) is 0. The summed E-state index contributed by atoms with van der Waals surface area (Å²) in [6.07, 6.45) is 0.779. The van der Waals surface area contributed by atoms with Gasteiger partial charge in [-0.15, -0.1) is 21.5 Å². The number of thiophene rings is 1. The fourth-order valence-electron chi connectivity index (χ4n) is 1.40. The highest BCUT2D eigenvalue weighted by molar-refractivity contribution is 7.99. The molecule has 0 saturated heterocycles. The van der Waals surface area contributed by atoms with Crippen molar-refractivity contribution in [1.29, 1.82) is 0 Å². The molecule has 2 aromatic heterocycles. The van der Waals surface area contributed by atoms with Crippen LogP contribution in [0.1, 0.15) is 10.7 Å². The number of aromatic nitrogens is 3. The van der Waals surface area contributed by atoms with Crippen LogP contribution in [0.3, 0.4) is 0 Å². The molecule has 0 fully saturated rings. The van der Waals surface area contributed by atoms with Crippen LogP contribution in [0.25, 0.3) is 0 Å². The van der Waals surface area contributed by atoms with Gasteiger partial charge >= 0.3 is 0 Å². The van der Waals surface area contributed by atoms with Crippen LogP contribution in [0, 0.1) is 0 Å². The van der Waals surface area contributed by atoms with Crippen molar-refractivity contribution in [3.8, 4) is 0 Å². The van der Waals surface area contributed by atoms with E-state index in [-0.39, 0.29) is 5.91 Å². The van der Waals surface area contributed by atoms with E-state index in [2.05, 4.69) is 21.6 Å². The van der Waals surface area contributed by atoms with Gasteiger partial charge in [0.25, 0.3) is 0 Å². The fraction of sp³-hybridized carbons (Fsp3) is 0.364. The van der Waals surface area contributed by atoms with E-state index in [0.29, 0.717) is 5.75 Å². The van der Waals surface area contributed by atoms with Crippen molar-refractivity contribution in [2.45, 2.75) is 11.6 Å². The zero-order valence-electron chi connectivity index (χ0n) is 10.2. The van der Waals surface area contributed by atoms with Crippen molar-refractivity contribution in [3.63, 3.8) is 0 Å². The maximum atomic E-state index is 11.2. The van der Waals surface area contributed by atoms with Gasteiger partial charge in [-0.25, -0.2) is 0 Å². The molecular weight excluding hydrogens is 268 g/mol. The van der Waals surface area contributed by atoms with Gasteiger partial charge in [0.15, 0.2) is 5.16 Å². The molecule has 96 valence electrons. The molecule has 0 aliphatic heterocycles. The molecule has 1 N–H and O–H groups in total. The van der Waals surface area contributed by atoms with Crippen LogP contribution in [0.5, 0.6) is 0 Å². The van der Waals surface area contributed by atoms with E-state index in [0.717, 1.165) is 17.4 Å². The Balaban J connectivity index is 2.02. The molecule has 1 amide bonds. The summed E-state index contributed by atoms with van der Waals surface area (Å²) >= 11 is 3.10. The second-order valence-corrected chi connectivity index (χ2v) is 5.65. The molecule has 2 heterocycles. The second kappa shape index (κ2) is 6.01. The van der Waals surface area contributed by atoms with Crippen LogP contribution in [0.2, 0.25) is 0 Å². The normalized spacial score (nSPS) is 10.6. The van der Waals surface area contributed by atoms with Crippen molar-refractivity contribution in [2.24, 2.45) is 7.05 Å². The molecule has 0 atom stereocenters. The predicted octanol–water partition coefficient (Wildman–Crippen LogP) is 1.31. The zero-order chi connectivity index (χ0) is 13.0. The maximum Gasteiger partial charge on any atom is 0.230 e. The van der Waals surface area contributed by atoms with Crippen molar-refractivity contribution in [1.82, 2.24) is 20.1 Å². The molecule has 0 radical (unpaired) electrons. The third-order valence-corrected chi connectivity index (χ3v) is 4.35. The van der Waals surface area contributed by atoms with Gasteiger partial charge < -0.3 is 9.88 Å². The monoisotopic (exact) mass is 282 g/mol. The molecule has 2 aromatic rings. The molecule has 0 spiro atoms. The first-order chi connectivity index (χ1) is 8.70. The fourth-order valence-corrected chi connectivity index (χ4v) is 2.90. The average Bonchev–Trinajstić information content (AvgIpc) is 2.99. The minimum absolute atomic E-state index is 0.0113. The third-order valence-electron chi connectivity index (χ3n) is 2.45. The number of carbonyl (C=O) groups excluding carboxylic acids is 1. The Morgan fingerprint density at radius 3 is 3.06 bits per heavy atom. The van der Waals surface area contributed by atoms with E-state index in [1.165, 1.54) is 16.6 Å². The summed E-state index contributed by atoms with van der Waals surface area (Å²) in [5, 5.41) is 13.7. The van der Waals surface area contributed by atoms with E-state index < -0.39 is 0 Å². The smallest absolute Gasteiger partial charge is 0.230 e. The quantitative estimate of drug-likeness (QED) is 0.840. The second-order valence-electron chi connectivity index (χ2n) is 3.68. The number of amides is 1. The number of hydrogen-bond donors (Lipinski definition) is 1. The Hall–Kier alpha value is -1.34. The summed E-state index contributed by atoms with van der Waals surface area (Å²) < 4.78 is 1.94. The van der Waals surface area contributed by atoms with E-state index in [1.54, 1.807) is 18.4 Å². The molecule has 0 bridgehead atoms. The van der Waals surface area contributed by atoms with Gasteiger partial charge in [-0.1, -0.05) is 17.8 Å². The molecule has 7 heteroatoms. The van der Waals surface area contributed by atoms with E-state index >= 15 is 0 Å². The molecule has 0 aromatic carbocycles. The van der Waals surface area contributed by atoms with Gasteiger partial charge in [0.05, 0.1) is 5.75 Å². The van der Waals surface area contributed by atoms with Crippen LogP contribution in [-0.4, -0.2) is 33.5 Å². The molecule has 2 rings (SSSR count). The Labute approximate surface area is 114 Å². The van der Waals surface area contributed by atoms with Gasteiger partial charge in [0, 0.05) is 25.4 Å². The number of nitrogens with zero attached hydrogens (tertiary/aromatic N) is 3. The van der Waals surface area contributed by atoms with Gasteiger partial charge in [-0.2, -0.15) is 0 Å². The lowest BCUT2D eigenvalue weighted by molar-refractivity contribution is -0.118. The first-order valence-electron chi connectivity index (χ1n) is 5.44. The lowest BCUT2D eigenvalue weighted by Gasteiger charge is -2.02. The van der Waals surface area contributed by atoms with E-state index in [4.69, 9.17) is 0 Å². The molecule has 5 nitrogen and oxygen atoms in total. The first-order valence-corrected chi connectivity index (χ1v) is 7.31. The van der Waals surface area contributed by atoms with Crippen molar-refractivity contribution < 1.29 is 4.79 Å². The Morgan fingerprint density at radius 1 is 1.56 bits per heavy atom. The Bertz CT molecular complexity index is 521. The predicted molar refractivity (Wildman–Crippen MR) is 72.9 cm³/mol. The minimum Gasteiger partial charge on any atom is -0.358 e. The third kappa shape index (κ3) is 3.11. The molecule has 0 aliphatic rings. The molecular formula is C11H14N4OS2. The number of rotatable bonds is 5. The molecule has 0 saturated carbocycles. The summed E-state index contributed by atoms with van der Waals surface area (Å²) in [4.78, 5) is 12.4. The zero-order valence-corrected chi connectivity index (χ0v) is 11.8. The highest BCUT2D eigenvalue weighted by Gasteiger charge is 2.11. The summed E-state index contributed by atoms with van der Waals surface area (Å²) in [6, 6.07) is 4.11. The topological polar surface area (TPSA) is 59.8 Å². The van der Waals surface area contributed by atoms with Crippen molar-refractivity contribution in [2.75, 3.05) is 12.8 Å². The maximum absolute atomic E-state index is 11.2. The van der Waals surface area contributed by atoms with Crippen LogP contribution in [0.4, 0.5) is 0 Å². The first kappa shape index (κ1) is 13.1. The van der Waals surface area contributed by atoms with Crippen LogP contribution in [-0.2, 0) is 18.3 Å². The van der Waals surface area contributed by atoms with E-state index in [9.17, 15) is 4.79 Å². The lowest BCUT2D eigenvalue weighted by Crippen LogP contribution is -2.20. The SMILES string of the molecule is CNC(=O)CSc1nnc(Cc2cccs2)n1C. The summed E-state index contributed by atoms with van der Waals surface area (Å²) in [7, 11) is 3.55. The van der Waals surface area contributed by atoms with Crippen molar-refractivity contribution in [3.05, 3.63) is 28.2 Å². The Morgan fingerprint density at radius 2 is 2.39 bits per heavy atom. The highest BCUT2D eigenvalue weighted by atomic mass is 32.2. The van der Waals surface area contributed by atoms with Crippen LogP contribution in [0.15, 0.2) is 22.7 Å². The minimum atomic E-state index is -0.0113. The Kier molecular flexibility index (Phi) is 4.38. The number of thioether (sulfide) groups is 1. The van der Waals surface area contributed by atoms with E-state index in [1.807, 2.05) is 23.1 Å². The van der Waals surface area contributed by atoms with Gasteiger partial charge in [-0.05, 0) is 11.4 Å². The van der Waals surface area contributed by atoms with Crippen LogP contribution < -0.4 is 5.32 Å². The highest BCUT2D eigenvalue weighted by Crippen LogP contribution is 2.18.